The largest absolute Gasteiger partial charge is 0.549 e. The Morgan fingerprint density at radius 2 is 2.50 bits per heavy atom. The van der Waals surface area contributed by atoms with E-state index in [9.17, 15) is 14.7 Å². The van der Waals surface area contributed by atoms with Crippen LogP contribution in [-0.4, -0.2) is 28.5 Å². The number of carbonyl (C=O) groups excluding carboxylic acids is 2. The Balaban J connectivity index is 2.03. The van der Waals surface area contributed by atoms with Crippen LogP contribution >= 0.6 is 11.8 Å². The number of amides is 1. The van der Waals surface area contributed by atoms with Crippen molar-refractivity contribution in [3.05, 3.63) is 24.2 Å². The maximum atomic E-state index is 11.2. The third-order valence-corrected chi connectivity index (χ3v) is 3.06. The average molecular weight is 266 g/mol. The first kappa shape index (κ1) is 12.4. The Bertz CT molecular complexity index is 509. The molecule has 1 saturated heterocycles. The van der Waals surface area contributed by atoms with Crippen LogP contribution in [0, 0.1) is 0 Å². The molecule has 1 aromatic heterocycles. The van der Waals surface area contributed by atoms with Gasteiger partial charge in [0.05, 0.1) is 23.7 Å². The lowest BCUT2D eigenvalue weighted by Gasteiger charge is -2.22. The van der Waals surface area contributed by atoms with Crippen molar-refractivity contribution >= 4 is 35.0 Å². The van der Waals surface area contributed by atoms with E-state index in [1.54, 1.807) is 12.1 Å². The minimum Gasteiger partial charge on any atom is -0.549 e. The predicted molar refractivity (Wildman–Crippen MR) is 62.9 cm³/mol. The van der Waals surface area contributed by atoms with Gasteiger partial charge in [-0.3, -0.25) is 4.79 Å². The molecule has 0 aliphatic carbocycles. The minimum absolute atomic E-state index is 0.128. The fourth-order valence-corrected chi connectivity index (χ4v) is 2.09. The summed E-state index contributed by atoms with van der Waals surface area (Å²) >= 11 is 0.892. The van der Waals surface area contributed by atoms with Crippen LogP contribution in [0.2, 0.25) is 0 Å². The molecule has 0 spiro atoms. The van der Waals surface area contributed by atoms with Crippen molar-refractivity contribution in [2.75, 3.05) is 0 Å². The third-order valence-electron chi connectivity index (χ3n) is 2.01. The minimum atomic E-state index is -1.29. The molecule has 1 aliphatic heterocycles. The van der Waals surface area contributed by atoms with Gasteiger partial charge >= 0.3 is 0 Å². The highest BCUT2D eigenvalue weighted by molar-refractivity contribution is 8.15. The molecule has 1 N–H and O–H groups in total. The van der Waals surface area contributed by atoms with Crippen LogP contribution in [-0.2, 0) is 9.59 Å². The zero-order chi connectivity index (χ0) is 13.0. The van der Waals surface area contributed by atoms with Gasteiger partial charge in [0.15, 0.2) is 5.17 Å². The lowest BCUT2D eigenvalue weighted by atomic mass is 10.3. The summed E-state index contributed by atoms with van der Waals surface area (Å²) in [7, 11) is 0. The lowest BCUT2D eigenvalue weighted by Crippen LogP contribution is -2.44. The number of hydrogen-bond donors (Lipinski definition) is 1. The van der Waals surface area contributed by atoms with E-state index in [2.05, 4.69) is 15.5 Å². The normalized spacial score (nSPS) is 22.3. The first-order valence-corrected chi connectivity index (χ1v) is 5.85. The summed E-state index contributed by atoms with van der Waals surface area (Å²) in [4.78, 5) is 21.9. The molecule has 0 radical (unpaired) electrons. The Morgan fingerprint density at radius 1 is 1.67 bits per heavy atom. The van der Waals surface area contributed by atoms with Crippen molar-refractivity contribution in [3.8, 4) is 0 Å². The van der Waals surface area contributed by atoms with Gasteiger partial charge in [-0.1, -0.05) is 11.8 Å². The van der Waals surface area contributed by atoms with Crippen molar-refractivity contribution < 1.29 is 19.1 Å². The smallest absolute Gasteiger partial charge is 0.227 e. The van der Waals surface area contributed by atoms with E-state index in [-0.39, 0.29) is 11.6 Å². The molecule has 1 fully saturated rings. The van der Waals surface area contributed by atoms with Crippen LogP contribution in [0.25, 0.3) is 0 Å². The Labute approximate surface area is 106 Å². The van der Waals surface area contributed by atoms with E-state index in [1.807, 2.05) is 0 Å². The number of hydrogen-bond acceptors (Lipinski definition) is 7. The fourth-order valence-electron chi connectivity index (χ4n) is 1.23. The van der Waals surface area contributed by atoms with Crippen molar-refractivity contribution in [1.82, 2.24) is 5.32 Å². The van der Waals surface area contributed by atoms with Gasteiger partial charge in [0, 0.05) is 6.42 Å². The van der Waals surface area contributed by atoms with Crippen LogP contribution in [0.5, 0.6) is 0 Å². The molecule has 0 aromatic carbocycles. The number of carboxylic acids is 1. The summed E-state index contributed by atoms with van der Waals surface area (Å²) in [5.74, 6) is -1.21. The number of aliphatic carboxylic acids is 1. The summed E-state index contributed by atoms with van der Waals surface area (Å²) in [5, 5.41) is 19.7. The summed E-state index contributed by atoms with van der Waals surface area (Å²) in [6.07, 6.45) is 2.70. The highest BCUT2D eigenvalue weighted by atomic mass is 32.2. The number of thioether (sulfide) groups is 1. The first-order chi connectivity index (χ1) is 8.65. The first-order valence-electron chi connectivity index (χ1n) is 4.97. The van der Waals surface area contributed by atoms with E-state index in [0.717, 1.165) is 11.8 Å². The van der Waals surface area contributed by atoms with Gasteiger partial charge in [-0.05, 0) is 12.1 Å². The Kier molecular flexibility index (Phi) is 3.78. The number of rotatable bonds is 3. The fraction of sp³-hybridized carbons (Fsp3) is 0.200. The third kappa shape index (κ3) is 3.20. The van der Waals surface area contributed by atoms with E-state index >= 15 is 0 Å². The zero-order valence-electron chi connectivity index (χ0n) is 9.03. The van der Waals surface area contributed by atoms with E-state index in [0.29, 0.717) is 5.76 Å². The van der Waals surface area contributed by atoms with Gasteiger partial charge in [-0.15, -0.1) is 5.10 Å². The Hall–Kier alpha value is -2.09. The second-order valence-electron chi connectivity index (χ2n) is 3.34. The highest BCUT2D eigenvalue weighted by Crippen LogP contribution is 2.19. The molecule has 1 atom stereocenters. The van der Waals surface area contributed by atoms with E-state index in [4.69, 9.17) is 4.42 Å². The van der Waals surface area contributed by atoms with Crippen LogP contribution in [0.1, 0.15) is 12.2 Å². The monoisotopic (exact) mass is 266 g/mol. The van der Waals surface area contributed by atoms with Crippen molar-refractivity contribution in [1.29, 1.82) is 0 Å². The van der Waals surface area contributed by atoms with Gasteiger partial charge in [-0.25, -0.2) is 0 Å². The number of carbonyl (C=O) groups is 2. The molecule has 2 rings (SSSR count). The molecule has 0 bridgehead atoms. The number of amidine groups is 1. The molecule has 1 aliphatic rings. The number of nitrogens with one attached hydrogen (secondary N) is 1. The van der Waals surface area contributed by atoms with Crippen molar-refractivity contribution in [2.45, 2.75) is 11.7 Å². The summed E-state index contributed by atoms with van der Waals surface area (Å²) in [6, 6.07) is 3.37. The average Bonchev–Trinajstić information content (AvgIpc) is 2.81. The lowest BCUT2D eigenvalue weighted by molar-refractivity contribution is -0.304. The second kappa shape index (κ2) is 5.50. The van der Waals surface area contributed by atoms with Gasteiger partial charge < -0.3 is 19.6 Å². The molecule has 0 unspecified atom stereocenters. The molecular formula is C10H8N3O4S-. The van der Waals surface area contributed by atoms with E-state index in [1.165, 1.54) is 12.5 Å². The number of furan rings is 1. The number of carboxylic acid groups (broad SMARTS) is 1. The van der Waals surface area contributed by atoms with Gasteiger partial charge in [0.2, 0.25) is 5.91 Å². The molecule has 7 nitrogen and oxygen atoms in total. The molecule has 2 heterocycles. The molecule has 94 valence electrons. The summed E-state index contributed by atoms with van der Waals surface area (Å²) in [5.41, 5.74) is 0. The van der Waals surface area contributed by atoms with Crippen LogP contribution in [0.15, 0.2) is 33.0 Å². The summed E-state index contributed by atoms with van der Waals surface area (Å²) in [6.45, 7) is 0. The number of nitrogens with zero attached hydrogens (tertiary/aromatic N) is 2. The SMILES string of the molecule is O=C1C[C@@H](C(=O)[O-])S/C(=N/N=C\c2ccco2)N1. The quantitative estimate of drug-likeness (QED) is 0.577. The zero-order valence-corrected chi connectivity index (χ0v) is 9.85. The predicted octanol–water partition coefficient (Wildman–Crippen LogP) is -0.659. The second-order valence-corrected chi connectivity index (χ2v) is 4.53. The topological polar surface area (TPSA) is 107 Å². The summed E-state index contributed by atoms with van der Waals surface area (Å²) < 4.78 is 4.99. The molecular weight excluding hydrogens is 258 g/mol. The van der Waals surface area contributed by atoms with Gasteiger partial charge in [0.1, 0.15) is 5.76 Å². The van der Waals surface area contributed by atoms with Crippen LogP contribution in [0.4, 0.5) is 0 Å². The van der Waals surface area contributed by atoms with Gasteiger partial charge in [0.25, 0.3) is 0 Å². The molecule has 1 amide bonds. The standard InChI is InChI=1S/C10H9N3O4S/c14-8-4-7(9(15)16)18-10(12-8)13-11-5-6-2-1-3-17-6/h1-3,5,7H,4H2,(H,15,16)(H,12,13,14)/p-1/b11-5-/t7-/m0/s1. The van der Waals surface area contributed by atoms with E-state index < -0.39 is 17.1 Å². The molecule has 0 saturated carbocycles. The Morgan fingerprint density at radius 3 is 3.17 bits per heavy atom. The molecule has 1 aromatic rings. The highest BCUT2D eigenvalue weighted by Gasteiger charge is 2.25. The van der Waals surface area contributed by atoms with Crippen LogP contribution in [0.3, 0.4) is 0 Å². The van der Waals surface area contributed by atoms with Crippen molar-refractivity contribution in [3.63, 3.8) is 0 Å². The molecule has 18 heavy (non-hydrogen) atoms. The van der Waals surface area contributed by atoms with Crippen LogP contribution < -0.4 is 10.4 Å². The maximum absolute atomic E-state index is 11.2. The maximum Gasteiger partial charge on any atom is 0.227 e. The van der Waals surface area contributed by atoms with Crippen molar-refractivity contribution in [2.24, 2.45) is 10.2 Å². The molecule has 8 heteroatoms. The van der Waals surface area contributed by atoms with Gasteiger partial charge in [-0.2, -0.15) is 5.10 Å².